The minimum atomic E-state index is -2.03. The molecule has 29 heavy (non-hydrogen) atoms. The Hall–Kier alpha value is -1.61. The second-order valence-electron chi connectivity index (χ2n) is 10.9. The molecule has 0 radical (unpaired) electrons. The SMILES string of the molecule is CC(C)=CC[C@H]1CC=C(O[Si](C)(C)C(C)(C)C)[C@@H](C(=O)c2ccccc2)C1(C)C. The molecule has 2 atom stereocenters. The van der Waals surface area contributed by atoms with Gasteiger partial charge in [-0.25, -0.2) is 0 Å². The summed E-state index contributed by atoms with van der Waals surface area (Å²) in [5.41, 5.74) is 1.93. The molecule has 0 bridgehead atoms. The quantitative estimate of drug-likeness (QED) is 0.271. The van der Waals surface area contributed by atoms with E-state index in [2.05, 4.69) is 73.7 Å². The van der Waals surface area contributed by atoms with Crippen molar-refractivity contribution < 1.29 is 9.22 Å². The molecule has 160 valence electrons. The van der Waals surface area contributed by atoms with Gasteiger partial charge in [-0.2, -0.15) is 0 Å². The summed E-state index contributed by atoms with van der Waals surface area (Å²) in [6.07, 6.45) is 6.49. The summed E-state index contributed by atoms with van der Waals surface area (Å²) in [4.78, 5) is 13.7. The topological polar surface area (TPSA) is 26.3 Å². The third-order valence-corrected chi connectivity index (χ3v) is 11.4. The van der Waals surface area contributed by atoms with Gasteiger partial charge in [0.15, 0.2) is 5.78 Å². The maximum absolute atomic E-state index is 13.7. The lowest BCUT2D eigenvalue weighted by Gasteiger charge is -2.47. The van der Waals surface area contributed by atoms with Crippen molar-refractivity contribution in [2.75, 3.05) is 0 Å². The highest BCUT2D eigenvalue weighted by molar-refractivity contribution is 6.74. The van der Waals surface area contributed by atoms with Gasteiger partial charge in [0.1, 0.15) is 0 Å². The van der Waals surface area contributed by atoms with Crippen LogP contribution in [0, 0.1) is 17.3 Å². The van der Waals surface area contributed by atoms with Gasteiger partial charge in [-0.3, -0.25) is 4.79 Å². The Morgan fingerprint density at radius 1 is 1.17 bits per heavy atom. The van der Waals surface area contributed by atoms with Crippen LogP contribution in [0.4, 0.5) is 0 Å². The number of benzene rings is 1. The van der Waals surface area contributed by atoms with E-state index in [-0.39, 0.29) is 22.2 Å². The Kier molecular flexibility index (Phi) is 7.04. The fourth-order valence-corrected chi connectivity index (χ4v) is 4.94. The van der Waals surface area contributed by atoms with E-state index in [4.69, 9.17) is 4.43 Å². The van der Waals surface area contributed by atoms with Crippen molar-refractivity contribution in [3.05, 3.63) is 59.4 Å². The van der Waals surface area contributed by atoms with Crippen LogP contribution in [0.2, 0.25) is 18.1 Å². The van der Waals surface area contributed by atoms with E-state index in [1.807, 2.05) is 30.3 Å². The molecule has 0 saturated carbocycles. The normalized spacial score (nSPS) is 21.9. The van der Waals surface area contributed by atoms with Gasteiger partial charge in [-0.05, 0) is 62.2 Å². The summed E-state index contributed by atoms with van der Waals surface area (Å²) in [5, 5.41) is 0.0945. The molecule has 0 spiro atoms. The molecule has 1 aliphatic rings. The van der Waals surface area contributed by atoms with E-state index in [9.17, 15) is 4.79 Å². The predicted octanol–water partition coefficient (Wildman–Crippen LogP) is 7.79. The van der Waals surface area contributed by atoms with Crippen LogP contribution in [0.1, 0.15) is 71.7 Å². The van der Waals surface area contributed by atoms with Crippen LogP contribution in [0.5, 0.6) is 0 Å². The number of carbonyl (C=O) groups excluding carboxylic acids is 1. The Morgan fingerprint density at radius 2 is 1.76 bits per heavy atom. The Morgan fingerprint density at radius 3 is 2.28 bits per heavy atom. The zero-order valence-corrected chi connectivity index (χ0v) is 20.9. The van der Waals surface area contributed by atoms with Crippen LogP contribution in [0.3, 0.4) is 0 Å². The molecular formula is C26H40O2Si. The molecule has 1 aromatic rings. The van der Waals surface area contributed by atoms with E-state index in [1.54, 1.807) is 0 Å². The lowest BCUT2D eigenvalue weighted by atomic mass is 9.61. The van der Waals surface area contributed by atoms with Crippen molar-refractivity contribution in [3.8, 4) is 0 Å². The van der Waals surface area contributed by atoms with Gasteiger partial charge in [0.25, 0.3) is 0 Å². The Labute approximate surface area is 179 Å². The van der Waals surface area contributed by atoms with Crippen molar-refractivity contribution >= 4 is 14.1 Å². The maximum atomic E-state index is 13.7. The van der Waals surface area contributed by atoms with Crippen LogP contribution >= 0.6 is 0 Å². The fraction of sp³-hybridized carbons (Fsp3) is 0.577. The van der Waals surface area contributed by atoms with Crippen LogP contribution in [-0.2, 0) is 4.43 Å². The molecule has 3 heteroatoms. The van der Waals surface area contributed by atoms with Crippen LogP contribution in [0.15, 0.2) is 53.8 Å². The number of Topliss-reactive ketones (excluding diaryl/α,β-unsaturated/α-hetero) is 1. The minimum Gasteiger partial charge on any atom is -0.546 e. The number of rotatable bonds is 6. The number of allylic oxidation sites excluding steroid dienone is 4. The van der Waals surface area contributed by atoms with Crippen LogP contribution < -0.4 is 0 Å². The first-order valence-electron chi connectivity index (χ1n) is 10.9. The molecule has 1 aliphatic carbocycles. The third-order valence-electron chi connectivity index (χ3n) is 6.99. The standard InChI is InChI=1S/C26H40O2Si/c1-19(2)15-16-21-17-18-22(28-29(8,9)25(3,4)5)23(26(21,6)7)24(27)20-13-11-10-12-14-20/h10-15,18,21,23H,16-17H2,1-9H3/t21-,23-/m0/s1. The average Bonchev–Trinajstić information content (AvgIpc) is 2.59. The van der Waals surface area contributed by atoms with Gasteiger partial charge in [0.05, 0.1) is 11.7 Å². The minimum absolute atomic E-state index is 0.0945. The molecule has 1 aromatic carbocycles. The summed E-state index contributed by atoms with van der Waals surface area (Å²) in [5.74, 6) is 1.26. The zero-order valence-electron chi connectivity index (χ0n) is 19.9. The van der Waals surface area contributed by atoms with E-state index in [0.717, 1.165) is 24.2 Å². The van der Waals surface area contributed by atoms with Gasteiger partial charge in [0.2, 0.25) is 8.32 Å². The highest BCUT2D eigenvalue weighted by Gasteiger charge is 2.49. The molecule has 0 unspecified atom stereocenters. The predicted molar refractivity (Wildman–Crippen MR) is 127 cm³/mol. The van der Waals surface area contributed by atoms with Crippen LogP contribution in [0.25, 0.3) is 0 Å². The monoisotopic (exact) mass is 412 g/mol. The van der Waals surface area contributed by atoms with Crippen molar-refractivity contribution in [2.45, 2.75) is 79.4 Å². The van der Waals surface area contributed by atoms with Crippen molar-refractivity contribution in [3.63, 3.8) is 0 Å². The Bertz CT molecular complexity index is 775. The first-order valence-corrected chi connectivity index (χ1v) is 13.8. The summed E-state index contributed by atoms with van der Waals surface area (Å²) < 4.78 is 6.77. The largest absolute Gasteiger partial charge is 0.546 e. The molecule has 0 aromatic heterocycles. The molecule has 0 amide bonds. The first kappa shape index (κ1) is 23.7. The molecule has 0 aliphatic heterocycles. The van der Waals surface area contributed by atoms with Gasteiger partial charge in [0, 0.05) is 5.56 Å². The van der Waals surface area contributed by atoms with Gasteiger partial charge < -0.3 is 4.43 Å². The van der Waals surface area contributed by atoms with Crippen molar-refractivity contribution in [1.29, 1.82) is 0 Å². The summed E-state index contributed by atoms with van der Waals surface area (Å²) >= 11 is 0. The maximum Gasteiger partial charge on any atom is 0.250 e. The summed E-state index contributed by atoms with van der Waals surface area (Å²) in [7, 11) is -2.03. The summed E-state index contributed by atoms with van der Waals surface area (Å²) in [6.45, 7) is 20.1. The van der Waals surface area contributed by atoms with E-state index in [1.165, 1.54) is 5.57 Å². The lowest BCUT2D eigenvalue weighted by molar-refractivity contribution is 0.0593. The fourth-order valence-electron chi connectivity index (χ4n) is 3.84. The number of ketones is 1. The van der Waals surface area contributed by atoms with Gasteiger partial charge >= 0.3 is 0 Å². The van der Waals surface area contributed by atoms with E-state index in [0.29, 0.717) is 5.92 Å². The van der Waals surface area contributed by atoms with Crippen molar-refractivity contribution in [2.24, 2.45) is 17.3 Å². The molecule has 2 nitrogen and oxygen atoms in total. The van der Waals surface area contributed by atoms with Gasteiger partial charge in [-0.1, -0.05) is 76.6 Å². The lowest BCUT2D eigenvalue weighted by Crippen LogP contribution is -2.47. The zero-order chi connectivity index (χ0) is 22.0. The summed E-state index contributed by atoms with van der Waals surface area (Å²) in [6, 6.07) is 9.72. The number of hydrogen-bond donors (Lipinski definition) is 0. The molecule has 0 fully saturated rings. The van der Waals surface area contributed by atoms with Gasteiger partial charge in [-0.15, -0.1) is 0 Å². The smallest absolute Gasteiger partial charge is 0.250 e. The molecular weight excluding hydrogens is 372 g/mol. The highest BCUT2D eigenvalue weighted by atomic mass is 28.4. The first-order chi connectivity index (χ1) is 13.3. The molecule has 0 N–H and O–H groups in total. The van der Waals surface area contributed by atoms with E-state index < -0.39 is 8.32 Å². The molecule has 0 saturated heterocycles. The van der Waals surface area contributed by atoms with Crippen molar-refractivity contribution in [1.82, 2.24) is 0 Å². The second-order valence-corrected chi connectivity index (χ2v) is 15.6. The Balaban J connectivity index is 2.49. The third kappa shape index (κ3) is 5.31. The second kappa shape index (κ2) is 8.63. The number of carbonyl (C=O) groups is 1. The molecule has 2 rings (SSSR count). The molecule has 0 heterocycles. The highest BCUT2D eigenvalue weighted by Crippen LogP contribution is 2.50. The number of hydrogen-bond acceptors (Lipinski definition) is 2. The van der Waals surface area contributed by atoms with E-state index >= 15 is 0 Å². The van der Waals surface area contributed by atoms with Crippen LogP contribution in [-0.4, -0.2) is 14.1 Å². The average molecular weight is 413 g/mol.